The first-order valence-electron chi connectivity index (χ1n) is 6.96. The first-order valence-corrected chi connectivity index (χ1v) is 6.96. The van der Waals surface area contributed by atoms with Crippen LogP contribution in [0, 0.1) is 17.5 Å². The van der Waals surface area contributed by atoms with Crippen LogP contribution in [0.15, 0.2) is 12.1 Å². The Bertz CT molecular complexity index is 671. The zero-order valence-corrected chi connectivity index (χ0v) is 12.9. The third-order valence-electron chi connectivity index (χ3n) is 3.06. The summed E-state index contributed by atoms with van der Waals surface area (Å²) in [4.78, 5) is 0. The van der Waals surface area contributed by atoms with E-state index < -0.39 is 30.1 Å². The first-order chi connectivity index (χ1) is 10.4. The molecule has 0 bridgehead atoms. The van der Waals surface area contributed by atoms with Gasteiger partial charge in [0, 0.05) is 16.5 Å². The average Bonchev–Trinajstić information content (AvgIpc) is 2.50. The number of ether oxygens (including phenoxy) is 1. The Hall–Kier alpha value is -1.98. The molecule has 2 nitrogen and oxygen atoms in total. The van der Waals surface area contributed by atoms with E-state index in [1.54, 1.807) is 13.8 Å². The number of nitrogens with two attached hydrogens (primary N) is 1. The standard InChI is InChI=1S/C14H13F4NO.C2H6/c1-6(2)8-3-7(19)4-9-10(8)14(20-5-15)13(18)12(17)11(9)16;1-2/h3-4,6H,5,19H2,1-2H3;1-2H3. The number of nitrogen functional groups attached to an aromatic ring is 1. The van der Waals surface area contributed by atoms with E-state index in [0.29, 0.717) is 5.56 Å². The number of rotatable bonds is 3. The minimum atomic E-state index is -1.71. The maximum absolute atomic E-state index is 13.9. The van der Waals surface area contributed by atoms with E-state index in [0.717, 1.165) is 0 Å². The quantitative estimate of drug-likeness (QED) is 0.474. The van der Waals surface area contributed by atoms with E-state index in [-0.39, 0.29) is 22.4 Å². The summed E-state index contributed by atoms with van der Waals surface area (Å²) < 4.78 is 58.1. The molecule has 0 heterocycles. The van der Waals surface area contributed by atoms with Crippen LogP contribution in [0.25, 0.3) is 10.8 Å². The fourth-order valence-electron chi connectivity index (χ4n) is 2.18. The highest BCUT2D eigenvalue weighted by molar-refractivity contribution is 5.95. The van der Waals surface area contributed by atoms with Crippen molar-refractivity contribution in [1.29, 1.82) is 0 Å². The maximum atomic E-state index is 13.9. The molecule has 0 aliphatic heterocycles. The smallest absolute Gasteiger partial charge is 0.228 e. The van der Waals surface area contributed by atoms with Crippen molar-refractivity contribution in [2.24, 2.45) is 0 Å². The van der Waals surface area contributed by atoms with Crippen molar-refractivity contribution in [3.63, 3.8) is 0 Å². The molecule has 0 spiro atoms. The number of anilines is 1. The summed E-state index contributed by atoms with van der Waals surface area (Å²) in [6, 6.07) is 2.68. The van der Waals surface area contributed by atoms with E-state index in [2.05, 4.69) is 4.74 Å². The topological polar surface area (TPSA) is 35.2 Å². The number of halogens is 4. The second kappa shape index (κ2) is 7.33. The van der Waals surface area contributed by atoms with E-state index >= 15 is 0 Å². The zero-order chi connectivity index (χ0) is 17.0. The predicted octanol–water partition coefficient (Wildman–Crippen LogP) is 5.29. The molecule has 0 atom stereocenters. The zero-order valence-electron chi connectivity index (χ0n) is 12.9. The summed E-state index contributed by atoms with van der Waals surface area (Å²) in [5.41, 5.74) is 6.31. The van der Waals surface area contributed by atoms with Crippen molar-refractivity contribution >= 4 is 16.5 Å². The third kappa shape index (κ3) is 3.10. The monoisotopic (exact) mass is 317 g/mol. The first kappa shape index (κ1) is 18.1. The molecule has 0 aliphatic rings. The lowest BCUT2D eigenvalue weighted by atomic mass is 9.94. The lowest BCUT2D eigenvalue weighted by Gasteiger charge is -2.16. The van der Waals surface area contributed by atoms with Gasteiger partial charge in [-0.15, -0.1) is 0 Å². The number of hydrogen-bond acceptors (Lipinski definition) is 2. The van der Waals surface area contributed by atoms with Crippen molar-refractivity contribution in [2.45, 2.75) is 33.6 Å². The van der Waals surface area contributed by atoms with Gasteiger partial charge in [0.15, 0.2) is 17.4 Å². The van der Waals surface area contributed by atoms with Crippen LogP contribution in [0.2, 0.25) is 0 Å². The molecule has 0 unspecified atom stereocenters. The van der Waals surface area contributed by atoms with Gasteiger partial charge in [-0.2, -0.15) is 4.39 Å². The van der Waals surface area contributed by atoms with Gasteiger partial charge in [0.2, 0.25) is 12.7 Å². The summed E-state index contributed by atoms with van der Waals surface area (Å²) >= 11 is 0. The SMILES string of the molecule is CC.CC(C)c1cc(N)cc2c(F)c(F)c(F)c(OCF)c12. The molecule has 0 amide bonds. The molecule has 2 rings (SSSR count). The van der Waals surface area contributed by atoms with E-state index in [1.165, 1.54) is 12.1 Å². The second-order valence-electron chi connectivity index (χ2n) is 4.71. The van der Waals surface area contributed by atoms with Crippen molar-refractivity contribution in [3.8, 4) is 5.75 Å². The molecule has 0 radical (unpaired) electrons. The number of alkyl halides is 1. The molecule has 2 aromatic rings. The van der Waals surface area contributed by atoms with Crippen molar-refractivity contribution < 1.29 is 22.3 Å². The van der Waals surface area contributed by atoms with Crippen LogP contribution in [0.1, 0.15) is 39.2 Å². The summed E-state index contributed by atoms with van der Waals surface area (Å²) in [6.45, 7) is 6.19. The number of benzene rings is 2. The van der Waals surface area contributed by atoms with Crippen molar-refractivity contribution in [3.05, 3.63) is 35.1 Å². The fourth-order valence-corrected chi connectivity index (χ4v) is 2.18. The molecule has 2 aromatic carbocycles. The van der Waals surface area contributed by atoms with Gasteiger partial charge in [-0.1, -0.05) is 27.7 Å². The predicted molar refractivity (Wildman–Crippen MR) is 80.3 cm³/mol. The Balaban J connectivity index is 0.00000116. The van der Waals surface area contributed by atoms with Crippen LogP contribution >= 0.6 is 0 Å². The summed E-state index contributed by atoms with van der Waals surface area (Å²) in [5, 5.41) is -0.223. The summed E-state index contributed by atoms with van der Waals surface area (Å²) in [5.74, 6) is -5.41. The van der Waals surface area contributed by atoms with Gasteiger partial charge in [0.25, 0.3) is 0 Å². The molecule has 2 N–H and O–H groups in total. The lowest BCUT2D eigenvalue weighted by Crippen LogP contribution is -2.04. The van der Waals surface area contributed by atoms with Crippen molar-refractivity contribution in [2.75, 3.05) is 12.6 Å². The fraction of sp³-hybridized carbons (Fsp3) is 0.375. The number of fused-ring (bicyclic) bond motifs is 1. The highest BCUT2D eigenvalue weighted by Gasteiger charge is 2.24. The lowest BCUT2D eigenvalue weighted by molar-refractivity contribution is 0.184. The van der Waals surface area contributed by atoms with Gasteiger partial charge in [-0.05, 0) is 23.6 Å². The molecule has 0 saturated heterocycles. The largest absolute Gasteiger partial charge is 0.459 e. The number of hydrogen-bond donors (Lipinski definition) is 1. The third-order valence-corrected chi connectivity index (χ3v) is 3.06. The summed E-state index contributed by atoms with van der Waals surface area (Å²) in [6.07, 6.45) is 0. The van der Waals surface area contributed by atoms with Crippen LogP contribution in [-0.2, 0) is 0 Å². The van der Waals surface area contributed by atoms with Crippen LogP contribution in [0.4, 0.5) is 23.2 Å². The average molecular weight is 317 g/mol. The van der Waals surface area contributed by atoms with E-state index in [1.807, 2.05) is 13.8 Å². The van der Waals surface area contributed by atoms with Crippen LogP contribution in [0.5, 0.6) is 5.75 Å². The molecule has 0 fully saturated rings. The van der Waals surface area contributed by atoms with E-state index in [4.69, 9.17) is 5.73 Å². The molecule has 6 heteroatoms. The van der Waals surface area contributed by atoms with Gasteiger partial charge in [0.05, 0.1) is 0 Å². The van der Waals surface area contributed by atoms with Crippen LogP contribution < -0.4 is 10.5 Å². The Kier molecular flexibility index (Phi) is 6.02. The second-order valence-corrected chi connectivity index (χ2v) is 4.71. The van der Waals surface area contributed by atoms with Gasteiger partial charge in [-0.25, -0.2) is 13.2 Å². The molecule has 0 aromatic heterocycles. The Morgan fingerprint density at radius 1 is 1.05 bits per heavy atom. The Labute approximate surface area is 126 Å². The highest BCUT2D eigenvalue weighted by atomic mass is 19.2. The Morgan fingerprint density at radius 3 is 2.14 bits per heavy atom. The van der Waals surface area contributed by atoms with Gasteiger partial charge in [-0.3, -0.25) is 0 Å². The molecular weight excluding hydrogens is 298 g/mol. The Morgan fingerprint density at radius 2 is 1.64 bits per heavy atom. The van der Waals surface area contributed by atoms with Crippen molar-refractivity contribution in [1.82, 2.24) is 0 Å². The van der Waals surface area contributed by atoms with E-state index in [9.17, 15) is 17.6 Å². The highest BCUT2D eigenvalue weighted by Crippen LogP contribution is 2.39. The summed E-state index contributed by atoms with van der Waals surface area (Å²) in [7, 11) is 0. The molecule has 22 heavy (non-hydrogen) atoms. The maximum Gasteiger partial charge on any atom is 0.228 e. The molecular formula is C16H19F4NO. The van der Waals surface area contributed by atoms with Gasteiger partial charge >= 0.3 is 0 Å². The van der Waals surface area contributed by atoms with Gasteiger partial charge < -0.3 is 10.5 Å². The normalized spacial score (nSPS) is 10.6. The minimum Gasteiger partial charge on any atom is -0.459 e. The molecule has 122 valence electrons. The van der Waals surface area contributed by atoms with Crippen LogP contribution in [0.3, 0.4) is 0 Å². The minimum absolute atomic E-state index is 0.00301. The van der Waals surface area contributed by atoms with Crippen LogP contribution in [-0.4, -0.2) is 6.86 Å². The molecule has 0 saturated carbocycles. The molecule has 0 aliphatic carbocycles. The van der Waals surface area contributed by atoms with Gasteiger partial charge in [0.1, 0.15) is 0 Å².